The molecular weight excluding hydrogens is 1730 g/mol. The molecule has 40 rings (SSSR count). The van der Waals surface area contributed by atoms with Crippen LogP contribution in [0, 0.1) is 0 Å². The van der Waals surface area contributed by atoms with Gasteiger partial charge in [0.15, 0.2) is 73.8 Å². The third-order valence-electron chi connectivity index (χ3n) is 32.9. The van der Waals surface area contributed by atoms with E-state index in [-0.39, 0.29) is 0 Å². The van der Waals surface area contributed by atoms with E-state index in [2.05, 4.69) is 417 Å². The largest absolute Gasteiger partial charge is 0.456 e. The van der Waals surface area contributed by atoms with Crippen LogP contribution in [-0.4, -0.2) is 32.0 Å². The average molecular weight is 1790 g/mol. The number of furan rings is 1. The summed E-state index contributed by atoms with van der Waals surface area (Å²) in [6.07, 6.45) is 14.9. The van der Waals surface area contributed by atoms with Gasteiger partial charge in [0.25, 0.3) is 0 Å². The molecule has 4 atom stereocenters. The number of hydrogen-bond acceptors (Lipinski definition) is 7. The van der Waals surface area contributed by atoms with Gasteiger partial charge in [0.1, 0.15) is 90.5 Å². The molecule has 4 unspecified atom stereocenters. The average Bonchev–Trinajstić information content (AvgIpc) is 1.48. The van der Waals surface area contributed by atoms with Crippen molar-refractivity contribution < 1.29 is 59.9 Å². The highest BCUT2D eigenvalue weighted by atomic mass is 32.1. The van der Waals surface area contributed by atoms with E-state index < -0.39 is 22.7 Å². The van der Waals surface area contributed by atoms with Crippen LogP contribution >= 0.6 is 11.3 Å². The van der Waals surface area contributed by atoms with E-state index in [1.54, 1.807) is 6.26 Å². The lowest BCUT2D eigenvalue weighted by Gasteiger charge is -2.28. The number of pyridine rings is 8. The van der Waals surface area contributed by atoms with Crippen molar-refractivity contribution in [1.82, 2.24) is 32.0 Å². The van der Waals surface area contributed by atoms with Gasteiger partial charge in [-0.2, -0.15) is 22.7 Å². The van der Waals surface area contributed by atoms with E-state index in [1.165, 1.54) is 209 Å². The van der Waals surface area contributed by atoms with Gasteiger partial charge in [-0.3, -0.25) is 0 Å². The van der Waals surface area contributed by atoms with Crippen molar-refractivity contribution in [3.63, 3.8) is 0 Å². The Morgan fingerprint density at radius 1 is 0.283 bits per heavy atom. The van der Waals surface area contributed by atoms with Crippen LogP contribution in [0.5, 0.6) is 46.0 Å². The highest BCUT2D eigenvalue weighted by Crippen LogP contribution is 2.65. The summed E-state index contributed by atoms with van der Waals surface area (Å²) in [4.78, 5) is 1.29. The summed E-state index contributed by atoms with van der Waals surface area (Å²) in [6.45, 7) is 0. The lowest BCUT2D eigenvalue weighted by atomic mass is 9.86. The van der Waals surface area contributed by atoms with Crippen molar-refractivity contribution >= 4 is 165 Å². The van der Waals surface area contributed by atoms with Crippen molar-refractivity contribution in [2.75, 3.05) is 0 Å². The first-order valence-electron chi connectivity index (χ1n) is 47.0. The summed E-state index contributed by atoms with van der Waals surface area (Å²) in [6, 6.07) is 111. The zero-order valence-corrected chi connectivity index (χ0v) is 74.0. The Balaban J connectivity index is 0.0000000770. The molecule has 21 heteroatoms. The van der Waals surface area contributed by atoms with Crippen molar-refractivity contribution in [1.29, 1.82) is 0 Å². The first-order chi connectivity index (χ1) is 68.4. The van der Waals surface area contributed by atoms with Gasteiger partial charge in [-0.15, -0.1) is 47.9 Å². The van der Waals surface area contributed by atoms with Gasteiger partial charge in [0, 0.05) is 101 Å². The molecule has 0 amide bonds. The molecule has 4 spiro atoms. The van der Waals surface area contributed by atoms with E-state index >= 15 is 0 Å². The Hall–Kier alpha value is -18.2. The fourth-order valence-corrected chi connectivity index (χ4v) is 29.6. The van der Waals surface area contributed by atoms with Crippen molar-refractivity contribution in [2.24, 2.45) is 14.1 Å². The molecule has 0 saturated carbocycles. The number of para-hydroxylation sites is 8. The standard InChI is InChI=1S/C30H18N4O.C29H17N5O.C29H15N3O2.C29H15N3OS/c1-31-16-14-18-17-12-13-24-27-25(17)29-33(28(18)31)21-9-2-3-10-22(21)34(29)30(27)26-19(7-6-11-23(26)35-24)20-8-4-5-15-32(20)30;1-31-27-18(15-30-31)16-12-13-23-26-24(16)28-33(27)20-9-2-3-10-21(20)34(28)29(26)25-17(7-6-11-22(25)35-23)19-8-4-5-14-32(19)29;1-2-9-21-20(8-1)31-27-24-16(17-13-15-33-28(17)31)11-12-23-26(24)29(32(21)27)25-18(6-5-10-22(25)34-23)19-7-3-4-14-30(19)29;1-2-9-21-20(8-1)31-27-24-16(17-13-15-34-28(17)31)11-12-23-26(24)29(32(21)27)25-18(6-5-10-22(25)33-23)19-7-3-4-14-30(19)29/h2-16H,1H3;2-15H,1H3;2*1-15H/q4*+2. The van der Waals surface area contributed by atoms with Crippen LogP contribution in [0.3, 0.4) is 0 Å². The smallest absolute Gasteiger partial charge is 0.372 e. The number of aromatic nitrogens is 15. The number of ether oxygens (including phenoxy) is 4. The van der Waals surface area contributed by atoms with E-state index in [1.807, 2.05) is 29.3 Å². The second-order valence-corrected chi connectivity index (χ2v) is 39.4. The Kier molecular flexibility index (Phi) is 11.4. The van der Waals surface area contributed by atoms with Crippen LogP contribution in [0.1, 0.15) is 44.5 Å². The molecule has 0 saturated heterocycles. The summed E-state index contributed by atoms with van der Waals surface area (Å²) >= 11 is 1.81. The van der Waals surface area contributed by atoms with E-state index in [0.29, 0.717) is 0 Å². The number of hydrogen-bond donors (Lipinski definition) is 0. The van der Waals surface area contributed by atoms with Crippen LogP contribution in [0.2, 0.25) is 0 Å². The minimum absolute atomic E-state index is 0.518. The van der Waals surface area contributed by atoms with Gasteiger partial charge in [-0.25, -0.2) is 4.68 Å². The molecular formula is C117H65N15O5S+8. The topological polar surface area (TPSA) is 121 Å². The minimum atomic E-state index is -0.564. The molecule has 0 bridgehead atoms. The molecule has 20 nitrogen and oxygen atoms in total. The maximum atomic E-state index is 6.67. The normalized spacial score (nSPS) is 18.3. The van der Waals surface area contributed by atoms with E-state index in [0.717, 1.165) is 79.3 Å². The number of thiophene rings is 1. The van der Waals surface area contributed by atoms with Crippen LogP contribution in [0.15, 0.2) is 363 Å². The van der Waals surface area contributed by atoms with Crippen LogP contribution in [0.25, 0.3) is 198 Å². The molecule has 636 valence electrons. The summed E-state index contributed by atoms with van der Waals surface area (Å²) < 4.78 is 66.7. The molecule has 138 heavy (non-hydrogen) atoms. The number of rotatable bonds is 0. The molecule has 28 aromatic rings. The predicted molar refractivity (Wildman–Crippen MR) is 521 cm³/mol. The maximum Gasteiger partial charge on any atom is 0.372 e. The first-order valence-corrected chi connectivity index (χ1v) is 47.9. The second-order valence-electron chi connectivity index (χ2n) is 38.5. The highest BCUT2D eigenvalue weighted by molar-refractivity contribution is 7.17. The van der Waals surface area contributed by atoms with Gasteiger partial charge >= 0.3 is 51.0 Å². The molecule has 16 aromatic heterocycles. The lowest BCUT2D eigenvalue weighted by Crippen LogP contribution is -2.71. The molecule has 0 fully saturated rings. The molecule has 12 aliphatic rings. The Bertz CT molecular complexity index is 10400. The first kappa shape index (κ1) is 69.6. The molecule has 0 N–H and O–H groups in total. The number of imidazole rings is 4. The summed E-state index contributed by atoms with van der Waals surface area (Å²) in [7, 11) is 4.17. The molecule has 0 radical (unpaired) electrons. The van der Waals surface area contributed by atoms with Gasteiger partial charge in [0.2, 0.25) is 34.1 Å². The van der Waals surface area contributed by atoms with Crippen LogP contribution in [-0.2, 0) is 36.7 Å². The predicted octanol–water partition coefficient (Wildman–Crippen LogP) is 20.4. The molecule has 0 aliphatic carbocycles. The number of benzene rings is 12. The molecule has 12 aromatic carbocycles. The van der Waals surface area contributed by atoms with Crippen LogP contribution < -0.4 is 55.5 Å². The SMILES string of the molecule is Cn1ccc2c3ccc4c5c3c3n(c6ccccc6[n+]3C53c5c(cccc5-c5cccc[n+]53)O4)c21.Cn1ncc2c3ccc4c5c3c3n(c6ccccc6[n+]3C53c5c(cccc5-c5cccc[n+]53)O4)c21.c1cc2c3c(c1)-c1cccc[n+]1C31c3c(ccc4c5ccoc5n5c6ccccc6[n+]1c5c34)O2.c1cc2c3c(c1)-c1cccc[n+]1C31c3c(ccc4c5ccsc5n5c6ccccc6[n+]1c5c34)O2. The summed E-state index contributed by atoms with van der Waals surface area (Å²) in [5.41, 5.74) is 35.0. The van der Waals surface area contributed by atoms with Gasteiger partial charge < -0.3 is 27.9 Å². The fourth-order valence-electron chi connectivity index (χ4n) is 28.7. The van der Waals surface area contributed by atoms with E-state index in [4.69, 9.17) is 23.4 Å². The maximum absolute atomic E-state index is 6.67. The quantitative estimate of drug-likeness (QED) is 0.139. The van der Waals surface area contributed by atoms with Crippen LogP contribution in [0.4, 0.5) is 0 Å². The zero-order chi connectivity index (χ0) is 88.8. The zero-order valence-electron chi connectivity index (χ0n) is 73.2. The lowest BCUT2D eigenvalue weighted by molar-refractivity contribution is -0.940. The molecule has 28 heterocycles. The van der Waals surface area contributed by atoms with Crippen molar-refractivity contribution in [3.8, 4) is 91.0 Å². The third-order valence-corrected chi connectivity index (χ3v) is 33.8. The second kappa shape index (κ2) is 22.6. The van der Waals surface area contributed by atoms with Gasteiger partial charge in [0.05, 0.1) is 67.0 Å². The summed E-state index contributed by atoms with van der Waals surface area (Å²) in [5, 5.41) is 21.7. The molecule has 12 aliphatic heterocycles. The fraction of sp³-hybridized carbons (Fsp3) is 0.0513. The Morgan fingerprint density at radius 3 is 1.06 bits per heavy atom. The highest BCUT2D eigenvalue weighted by Gasteiger charge is 2.74. The minimum Gasteiger partial charge on any atom is -0.456 e. The number of nitrogens with zero attached hydrogens (tertiary/aromatic N) is 15. The number of fused-ring (bicyclic) bond motifs is 32. The Morgan fingerprint density at radius 2 is 0.630 bits per heavy atom. The van der Waals surface area contributed by atoms with E-state index in [9.17, 15) is 0 Å². The van der Waals surface area contributed by atoms with Crippen molar-refractivity contribution in [2.45, 2.75) is 22.7 Å². The van der Waals surface area contributed by atoms with Gasteiger partial charge in [-0.05, 0) is 193 Å². The monoisotopic (exact) mass is 1790 g/mol. The van der Waals surface area contributed by atoms with Crippen molar-refractivity contribution in [3.05, 3.63) is 403 Å². The number of aryl methyl sites for hydroxylation is 2. The summed E-state index contributed by atoms with van der Waals surface area (Å²) in [5.74, 6) is 7.45. The van der Waals surface area contributed by atoms with Gasteiger partial charge in [-0.1, -0.05) is 72.8 Å². The Labute approximate surface area is 781 Å². The third kappa shape index (κ3) is 6.98.